The Labute approximate surface area is 94.0 Å². The van der Waals surface area contributed by atoms with Gasteiger partial charge in [-0.3, -0.25) is 15.0 Å². The highest BCUT2D eigenvalue weighted by Gasteiger charge is 2.10. The number of carbonyl (C=O) groups is 2. The molecule has 1 rings (SSSR count). The van der Waals surface area contributed by atoms with Gasteiger partial charge in [0.05, 0.1) is 0 Å². The Morgan fingerprint density at radius 3 is 2.56 bits per heavy atom. The second-order valence-corrected chi connectivity index (χ2v) is 3.41. The third-order valence-corrected chi connectivity index (χ3v) is 2.28. The maximum atomic E-state index is 11.0. The van der Waals surface area contributed by atoms with Crippen LogP contribution in [0.4, 0.5) is 0 Å². The van der Waals surface area contributed by atoms with Gasteiger partial charge >= 0.3 is 11.8 Å². The number of nitrogens with two attached hydrogens (primary N) is 1. The summed E-state index contributed by atoms with van der Waals surface area (Å²) in [5.41, 5.74) is 4.09. The Morgan fingerprint density at radius 2 is 1.94 bits per heavy atom. The molecule has 1 aromatic carbocycles. The lowest BCUT2D eigenvalue weighted by molar-refractivity contribution is -0.139. The number of benzene rings is 1. The highest BCUT2D eigenvalue weighted by Crippen LogP contribution is 2.06. The van der Waals surface area contributed by atoms with Crippen LogP contribution in [-0.4, -0.2) is 18.4 Å². The van der Waals surface area contributed by atoms with Crippen molar-refractivity contribution in [1.82, 2.24) is 10.7 Å². The zero-order valence-corrected chi connectivity index (χ0v) is 9.12. The zero-order valence-electron chi connectivity index (χ0n) is 9.12. The van der Waals surface area contributed by atoms with Gasteiger partial charge in [0.25, 0.3) is 0 Å². The highest BCUT2D eigenvalue weighted by atomic mass is 16.2. The first-order valence-electron chi connectivity index (χ1n) is 4.98. The van der Waals surface area contributed by atoms with Crippen molar-refractivity contribution in [1.29, 1.82) is 0 Å². The predicted octanol–water partition coefficient (Wildman–Crippen LogP) is -0.356. The van der Waals surface area contributed by atoms with Crippen molar-refractivity contribution in [2.75, 3.05) is 6.54 Å². The van der Waals surface area contributed by atoms with Crippen LogP contribution in [0.5, 0.6) is 0 Å². The van der Waals surface area contributed by atoms with E-state index in [1.807, 2.05) is 31.2 Å². The molecule has 0 unspecified atom stereocenters. The van der Waals surface area contributed by atoms with E-state index in [2.05, 4.69) is 5.32 Å². The lowest BCUT2D eigenvalue weighted by Crippen LogP contribution is -2.43. The minimum atomic E-state index is -0.829. The Bertz CT molecular complexity index is 391. The van der Waals surface area contributed by atoms with Crippen molar-refractivity contribution >= 4 is 11.8 Å². The second-order valence-electron chi connectivity index (χ2n) is 3.41. The third-order valence-electron chi connectivity index (χ3n) is 2.28. The van der Waals surface area contributed by atoms with E-state index in [-0.39, 0.29) is 0 Å². The molecule has 0 spiro atoms. The summed E-state index contributed by atoms with van der Waals surface area (Å²) in [4.78, 5) is 21.8. The minimum absolute atomic E-state index is 0.414. The fourth-order valence-corrected chi connectivity index (χ4v) is 1.35. The van der Waals surface area contributed by atoms with Gasteiger partial charge in [0.15, 0.2) is 0 Å². The Balaban J connectivity index is 2.39. The molecule has 5 heteroatoms. The summed E-state index contributed by atoms with van der Waals surface area (Å²) in [6, 6.07) is 7.89. The largest absolute Gasteiger partial charge is 0.347 e. The lowest BCUT2D eigenvalue weighted by atomic mass is 10.1. The molecule has 0 aromatic heterocycles. The van der Waals surface area contributed by atoms with E-state index >= 15 is 0 Å². The van der Waals surface area contributed by atoms with Crippen molar-refractivity contribution in [2.24, 2.45) is 5.84 Å². The van der Waals surface area contributed by atoms with Crippen LogP contribution >= 0.6 is 0 Å². The van der Waals surface area contributed by atoms with Gasteiger partial charge in [0.1, 0.15) is 0 Å². The molecule has 86 valence electrons. The van der Waals surface area contributed by atoms with Crippen LogP contribution in [0, 0.1) is 6.92 Å². The summed E-state index contributed by atoms with van der Waals surface area (Å²) in [7, 11) is 0. The van der Waals surface area contributed by atoms with Crippen molar-refractivity contribution in [3.8, 4) is 0 Å². The normalized spacial score (nSPS) is 9.62. The van der Waals surface area contributed by atoms with Crippen LogP contribution in [0.25, 0.3) is 0 Å². The predicted molar refractivity (Wildman–Crippen MR) is 60.2 cm³/mol. The molecule has 0 aliphatic rings. The molecular formula is C11H15N3O2. The molecule has 4 N–H and O–H groups in total. The minimum Gasteiger partial charge on any atom is -0.347 e. The second kappa shape index (κ2) is 5.87. The molecular weight excluding hydrogens is 206 g/mol. The van der Waals surface area contributed by atoms with E-state index in [1.54, 1.807) is 5.43 Å². The van der Waals surface area contributed by atoms with Crippen LogP contribution < -0.4 is 16.6 Å². The zero-order chi connectivity index (χ0) is 12.0. The number of rotatable bonds is 3. The Kier molecular flexibility index (Phi) is 4.47. The molecule has 16 heavy (non-hydrogen) atoms. The van der Waals surface area contributed by atoms with E-state index in [1.165, 1.54) is 5.56 Å². The van der Waals surface area contributed by atoms with E-state index in [9.17, 15) is 9.59 Å². The molecule has 0 radical (unpaired) electrons. The van der Waals surface area contributed by atoms with Crippen LogP contribution in [0.2, 0.25) is 0 Å². The molecule has 0 atom stereocenters. The van der Waals surface area contributed by atoms with E-state index in [0.29, 0.717) is 13.0 Å². The molecule has 2 amide bonds. The van der Waals surface area contributed by atoms with E-state index < -0.39 is 11.8 Å². The van der Waals surface area contributed by atoms with E-state index in [4.69, 9.17) is 5.84 Å². The number of hydrazine groups is 1. The molecule has 0 saturated heterocycles. The number of aryl methyl sites for hydroxylation is 1. The summed E-state index contributed by atoms with van der Waals surface area (Å²) in [5, 5.41) is 2.48. The molecule has 0 bridgehead atoms. The van der Waals surface area contributed by atoms with Crippen molar-refractivity contribution in [3.63, 3.8) is 0 Å². The summed E-state index contributed by atoms with van der Waals surface area (Å²) in [6.07, 6.45) is 0.691. The summed E-state index contributed by atoms with van der Waals surface area (Å²) in [5.74, 6) is 3.28. The van der Waals surface area contributed by atoms with Gasteiger partial charge in [-0.25, -0.2) is 5.84 Å². The number of amides is 2. The summed E-state index contributed by atoms with van der Waals surface area (Å²) < 4.78 is 0. The summed E-state index contributed by atoms with van der Waals surface area (Å²) >= 11 is 0. The van der Waals surface area contributed by atoms with Gasteiger partial charge in [-0.2, -0.15) is 0 Å². The molecule has 0 aliphatic heterocycles. The van der Waals surface area contributed by atoms with Crippen LogP contribution in [0.3, 0.4) is 0 Å². The lowest BCUT2D eigenvalue weighted by Gasteiger charge is -2.06. The molecule has 0 aliphatic carbocycles. The first-order valence-corrected chi connectivity index (χ1v) is 4.98. The Hall–Kier alpha value is -1.88. The quantitative estimate of drug-likeness (QED) is 0.282. The Morgan fingerprint density at radius 1 is 1.25 bits per heavy atom. The van der Waals surface area contributed by atoms with Crippen molar-refractivity contribution in [2.45, 2.75) is 13.3 Å². The van der Waals surface area contributed by atoms with Gasteiger partial charge in [0, 0.05) is 6.54 Å². The fraction of sp³-hybridized carbons (Fsp3) is 0.273. The smallest absolute Gasteiger partial charge is 0.323 e. The molecule has 5 nitrogen and oxygen atoms in total. The monoisotopic (exact) mass is 221 g/mol. The molecule has 0 saturated carbocycles. The maximum absolute atomic E-state index is 11.0. The average Bonchev–Trinajstić information content (AvgIpc) is 2.30. The number of carbonyl (C=O) groups excluding carboxylic acids is 2. The van der Waals surface area contributed by atoms with Crippen molar-refractivity contribution < 1.29 is 9.59 Å². The van der Waals surface area contributed by atoms with Crippen molar-refractivity contribution in [3.05, 3.63) is 35.4 Å². The van der Waals surface area contributed by atoms with E-state index in [0.717, 1.165) is 5.56 Å². The fourth-order valence-electron chi connectivity index (χ4n) is 1.35. The maximum Gasteiger partial charge on any atom is 0.323 e. The number of hydrogen-bond acceptors (Lipinski definition) is 3. The number of hydrogen-bond donors (Lipinski definition) is 3. The van der Waals surface area contributed by atoms with Gasteiger partial charge in [-0.05, 0) is 24.5 Å². The SMILES string of the molecule is Cc1ccccc1CCNC(=O)C(=O)NN. The summed E-state index contributed by atoms with van der Waals surface area (Å²) in [6.45, 7) is 2.42. The third kappa shape index (κ3) is 3.36. The average molecular weight is 221 g/mol. The van der Waals surface area contributed by atoms with Gasteiger partial charge in [-0.1, -0.05) is 24.3 Å². The first kappa shape index (κ1) is 12.2. The highest BCUT2D eigenvalue weighted by molar-refractivity contribution is 6.34. The van der Waals surface area contributed by atoms with Crippen LogP contribution in [0.1, 0.15) is 11.1 Å². The van der Waals surface area contributed by atoms with Gasteiger partial charge in [-0.15, -0.1) is 0 Å². The number of nitrogens with one attached hydrogen (secondary N) is 2. The standard InChI is InChI=1S/C11H15N3O2/c1-8-4-2-3-5-9(8)6-7-13-10(15)11(16)14-12/h2-5H,6-7,12H2,1H3,(H,13,15)(H,14,16). The molecule has 0 heterocycles. The van der Waals surface area contributed by atoms with Gasteiger partial charge in [0.2, 0.25) is 0 Å². The van der Waals surface area contributed by atoms with Crippen LogP contribution in [-0.2, 0) is 16.0 Å². The van der Waals surface area contributed by atoms with Gasteiger partial charge < -0.3 is 5.32 Å². The van der Waals surface area contributed by atoms with Crippen LogP contribution in [0.15, 0.2) is 24.3 Å². The molecule has 1 aromatic rings. The first-order chi connectivity index (χ1) is 7.65. The topological polar surface area (TPSA) is 84.2 Å². The molecule has 0 fully saturated rings.